The first kappa shape index (κ1) is 24.9. The van der Waals surface area contributed by atoms with E-state index in [4.69, 9.17) is 4.99 Å². The van der Waals surface area contributed by atoms with Gasteiger partial charge in [0.25, 0.3) is 0 Å². The third-order valence-corrected chi connectivity index (χ3v) is 5.96. The quantitative estimate of drug-likeness (QED) is 0.247. The van der Waals surface area contributed by atoms with Crippen LogP contribution in [0.15, 0.2) is 29.3 Å². The van der Waals surface area contributed by atoms with Gasteiger partial charge in [0.05, 0.1) is 0 Å². The van der Waals surface area contributed by atoms with E-state index >= 15 is 0 Å². The molecule has 0 atom stereocenters. The second-order valence-electron chi connectivity index (χ2n) is 8.43. The van der Waals surface area contributed by atoms with E-state index in [9.17, 15) is 4.79 Å². The summed E-state index contributed by atoms with van der Waals surface area (Å²) in [6.45, 7) is 11.9. The molecule has 0 aromatic heterocycles. The Morgan fingerprint density at radius 1 is 1.17 bits per heavy atom. The van der Waals surface area contributed by atoms with Crippen LogP contribution in [0, 0.1) is 0 Å². The molecule has 7 heteroatoms. The monoisotopic (exact) mass is 527 g/mol. The van der Waals surface area contributed by atoms with Crippen molar-refractivity contribution >= 4 is 35.8 Å². The van der Waals surface area contributed by atoms with Crippen molar-refractivity contribution in [3.63, 3.8) is 0 Å². The van der Waals surface area contributed by atoms with Gasteiger partial charge in [-0.3, -0.25) is 9.79 Å². The van der Waals surface area contributed by atoms with Gasteiger partial charge in [0.2, 0.25) is 5.91 Å². The summed E-state index contributed by atoms with van der Waals surface area (Å²) in [5.74, 6) is 1.12. The van der Waals surface area contributed by atoms with E-state index in [1.165, 1.54) is 11.1 Å². The molecule has 0 saturated carbocycles. The smallest absolute Gasteiger partial charge is 0.223 e. The van der Waals surface area contributed by atoms with E-state index in [1.54, 1.807) is 0 Å². The molecule has 1 aromatic rings. The van der Waals surface area contributed by atoms with Gasteiger partial charge in [-0.1, -0.05) is 24.3 Å². The summed E-state index contributed by atoms with van der Waals surface area (Å²) < 4.78 is 0. The Morgan fingerprint density at radius 3 is 2.37 bits per heavy atom. The summed E-state index contributed by atoms with van der Waals surface area (Å²) in [5.41, 5.74) is 2.56. The molecule has 0 bridgehead atoms. The first-order valence-corrected chi connectivity index (χ1v) is 11.2. The molecule has 1 aromatic carbocycles. The number of benzene rings is 1. The summed E-state index contributed by atoms with van der Waals surface area (Å²) in [4.78, 5) is 21.7. The third kappa shape index (κ3) is 7.11. The lowest BCUT2D eigenvalue weighted by molar-refractivity contribution is -0.131. The van der Waals surface area contributed by atoms with E-state index in [-0.39, 0.29) is 29.9 Å². The lowest BCUT2D eigenvalue weighted by Gasteiger charge is -2.35. The molecule has 1 saturated heterocycles. The molecular weight excluding hydrogens is 489 g/mol. The molecule has 168 valence electrons. The van der Waals surface area contributed by atoms with Gasteiger partial charge in [0.1, 0.15) is 0 Å². The Hall–Kier alpha value is -1.35. The molecule has 0 unspecified atom stereocenters. The van der Waals surface area contributed by atoms with E-state index in [2.05, 4.69) is 48.4 Å². The standard InChI is InChI=1S/C23H37N5O.HI/c1-4-24-23(26-21-11-14-27(15-12-21)18(2)3)25-13-7-10-22(29)28-16-19-8-5-6-9-20(19)17-28;/h5-6,8-9,18,21H,4,7,10-17H2,1-3H3,(H2,24,25,26);1H. The van der Waals surface area contributed by atoms with Gasteiger partial charge in [-0.05, 0) is 51.2 Å². The van der Waals surface area contributed by atoms with Gasteiger partial charge in [0.15, 0.2) is 5.96 Å². The molecule has 1 amide bonds. The number of guanidine groups is 1. The first-order chi connectivity index (χ1) is 14.1. The van der Waals surface area contributed by atoms with Crippen LogP contribution in [0.1, 0.15) is 57.6 Å². The molecule has 6 nitrogen and oxygen atoms in total. The molecule has 3 rings (SSSR count). The molecule has 2 aliphatic rings. The minimum atomic E-state index is 0. The Bertz CT molecular complexity index is 676. The van der Waals surface area contributed by atoms with Crippen molar-refractivity contribution < 1.29 is 4.79 Å². The fraction of sp³-hybridized carbons (Fsp3) is 0.652. The number of hydrogen-bond acceptors (Lipinski definition) is 3. The lowest BCUT2D eigenvalue weighted by atomic mass is 10.0. The predicted octanol–water partition coefficient (Wildman–Crippen LogP) is 3.35. The summed E-state index contributed by atoms with van der Waals surface area (Å²) in [6, 6.07) is 9.43. The number of hydrogen-bond donors (Lipinski definition) is 2. The minimum absolute atomic E-state index is 0. The van der Waals surface area contributed by atoms with E-state index in [0.717, 1.165) is 57.9 Å². The lowest BCUT2D eigenvalue weighted by Crippen LogP contribution is -2.49. The highest BCUT2D eigenvalue weighted by molar-refractivity contribution is 14.0. The van der Waals surface area contributed by atoms with E-state index < -0.39 is 0 Å². The maximum absolute atomic E-state index is 12.5. The van der Waals surface area contributed by atoms with Crippen molar-refractivity contribution in [2.45, 2.75) is 71.6 Å². The van der Waals surface area contributed by atoms with Gasteiger partial charge in [-0.15, -0.1) is 24.0 Å². The highest BCUT2D eigenvalue weighted by Gasteiger charge is 2.23. The van der Waals surface area contributed by atoms with Gasteiger partial charge < -0.3 is 20.4 Å². The molecule has 0 aliphatic carbocycles. The number of piperidine rings is 1. The number of halogens is 1. The average molecular weight is 527 g/mol. The van der Waals surface area contributed by atoms with Crippen LogP contribution in [-0.2, 0) is 17.9 Å². The van der Waals surface area contributed by atoms with Crippen LogP contribution < -0.4 is 10.6 Å². The van der Waals surface area contributed by atoms with Gasteiger partial charge in [-0.2, -0.15) is 0 Å². The number of likely N-dealkylation sites (tertiary alicyclic amines) is 1. The second-order valence-corrected chi connectivity index (χ2v) is 8.43. The molecular formula is C23H38IN5O. The number of rotatable bonds is 7. The maximum Gasteiger partial charge on any atom is 0.223 e. The SMILES string of the molecule is CCNC(=NCCCC(=O)N1Cc2ccccc2C1)NC1CCN(C(C)C)CC1.I. The van der Waals surface area contributed by atoms with Crippen LogP contribution in [0.2, 0.25) is 0 Å². The predicted molar refractivity (Wildman–Crippen MR) is 134 cm³/mol. The number of nitrogens with one attached hydrogen (secondary N) is 2. The third-order valence-electron chi connectivity index (χ3n) is 5.96. The van der Waals surface area contributed by atoms with Crippen molar-refractivity contribution in [2.24, 2.45) is 4.99 Å². The van der Waals surface area contributed by atoms with Crippen LogP contribution in [0.3, 0.4) is 0 Å². The van der Waals surface area contributed by atoms with Crippen LogP contribution in [0.25, 0.3) is 0 Å². The van der Waals surface area contributed by atoms with Crippen LogP contribution in [-0.4, -0.2) is 59.9 Å². The molecule has 0 spiro atoms. The highest BCUT2D eigenvalue weighted by Crippen LogP contribution is 2.22. The molecule has 2 heterocycles. The fourth-order valence-corrected chi connectivity index (χ4v) is 4.16. The zero-order valence-corrected chi connectivity index (χ0v) is 21.0. The Kier molecular flexibility index (Phi) is 10.4. The molecule has 1 fully saturated rings. The number of nitrogens with zero attached hydrogens (tertiary/aromatic N) is 3. The number of amides is 1. The minimum Gasteiger partial charge on any atom is -0.357 e. The number of carbonyl (C=O) groups excluding carboxylic acids is 1. The Labute approximate surface area is 198 Å². The fourth-order valence-electron chi connectivity index (χ4n) is 4.16. The number of fused-ring (bicyclic) bond motifs is 1. The van der Waals surface area contributed by atoms with Gasteiger partial charge >= 0.3 is 0 Å². The van der Waals surface area contributed by atoms with Crippen LogP contribution >= 0.6 is 24.0 Å². The number of aliphatic imine (C=N–C) groups is 1. The van der Waals surface area contributed by atoms with Crippen molar-refractivity contribution in [2.75, 3.05) is 26.2 Å². The topological polar surface area (TPSA) is 60.0 Å². The molecule has 30 heavy (non-hydrogen) atoms. The van der Waals surface area contributed by atoms with E-state index in [1.807, 2.05) is 17.0 Å². The Balaban J connectivity index is 0.00000320. The Morgan fingerprint density at radius 2 is 1.80 bits per heavy atom. The van der Waals surface area contributed by atoms with Gasteiger partial charge in [-0.25, -0.2) is 0 Å². The van der Waals surface area contributed by atoms with Crippen molar-refractivity contribution in [3.8, 4) is 0 Å². The second kappa shape index (κ2) is 12.5. The largest absolute Gasteiger partial charge is 0.357 e. The maximum atomic E-state index is 12.5. The van der Waals surface area contributed by atoms with Crippen LogP contribution in [0.4, 0.5) is 0 Å². The average Bonchev–Trinajstić information content (AvgIpc) is 3.16. The van der Waals surface area contributed by atoms with E-state index in [0.29, 0.717) is 25.0 Å². The molecule has 2 N–H and O–H groups in total. The summed E-state index contributed by atoms with van der Waals surface area (Å²) in [5, 5.41) is 6.94. The summed E-state index contributed by atoms with van der Waals surface area (Å²) in [7, 11) is 0. The van der Waals surface area contributed by atoms with Crippen molar-refractivity contribution in [1.29, 1.82) is 0 Å². The highest BCUT2D eigenvalue weighted by atomic mass is 127. The van der Waals surface area contributed by atoms with Crippen molar-refractivity contribution in [1.82, 2.24) is 20.4 Å². The molecule has 2 aliphatic heterocycles. The zero-order chi connectivity index (χ0) is 20.6. The van der Waals surface area contributed by atoms with Crippen molar-refractivity contribution in [3.05, 3.63) is 35.4 Å². The number of carbonyl (C=O) groups is 1. The first-order valence-electron chi connectivity index (χ1n) is 11.2. The summed E-state index contributed by atoms with van der Waals surface area (Å²) in [6.07, 6.45) is 3.64. The zero-order valence-electron chi connectivity index (χ0n) is 18.7. The summed E-state index contributed by atoms with van der Waals surface area (Å²) >= 11 is 0. The van der Waals surface area contributed by atoms with Gasteiger partial charge in [0, 0.05) is 57.8 Å². The normalized spacial score (nSPS) is 17.6. The van der Waals surface area contributed by atoms with Crippen LogP contribution in [0.5, 0.6) is 0 Å². The molecule has 0 radical (unpaired) electrons.